The Balaban J connectivity index is 0.00000162. The van der Waals surface area contributed by atoms with Crippen molar-refractivity contribution in [2.75, 3.05) is 13.1 Å². The Morgan fingerprint density at radius 2 is 2.22 bits per heavy atom. The second-order valence-electron chi connectivity index (χ2n) is 4.35. The zero-order valence-electron chi connectivity index (χ0n) is 9.87. The quantitative estimate of drug-likeness (QED) is 0.862. The Bertz CT molecular complexity index is 506. The second-order valence-corrected chi connectivity index (χ2v) is 8.25. The van der Waals surface area contributed by atoms with Crippen LogP contribution in [0.4, 0.5) is 0 Å². The van der Waals surface area contributed by atoms with Gasteiger partial charge in [-0.25, -0.2) is 8.42 Å². The number of piperidine rings is 1. The Morgan fingerprint density at radius 1 is 1.56 bits per heavy atom. The summed E-state index contributed by atoms with van der Waals surface area (Å²) in [6, 6.07) is 1.87. The van der Waals surface area contributed by atoms with Crippen LogP contribution in [0.2, 0.25) is 0 Å². The van der Waals surface area contributed by atoms with Gasteiger partial charge in [-0.15, -0.1) is 23.7 Å². The summed E-state index contributed by atoms with van der Waals surface area (Å²) < 4.78 is 27.3. The van der Waals surface area contributed by atoms with Gasteiger partial charge in [0.25, 0.3) is 10.0 Å². The summed E-state index contributed by atoms with van der Waals surface area (Å²) in [5.74, 6) is 0.206. The van der Waals surface area contributed by atoms with Crippen molar-refractivity contribution < 1.29 is 8.42 Å². The lowest BCUT2D eigenvalue weighted by molar-refractivity contribution is 0.250. The molecule has 4 nitrogen and oxygen atoms in total. The van der Waals surface area contributed by atoms with E-state index < -0.39 is 10.0 Å². The van der Waals surface area contributed by atoms with E-state index in [1.807, 2.05) is 6.92 Å². The number of halogens is 2. The maximum atomic E-state index is 12.4. The number of nitrogens with two attached hydrogens (primary N) is 1. The summed E-state index contributed by atoms with van der Waals surface area (Å²) in [5, 5.41) is 1.77. The van der Waals surface area contributed by atoms with E-state index in [2.05, 4.69) is 15.9 Å². The molecule has 0 aliphatic carbocycles. The zero-order chi connectivity index (χ0) is 12.6. The van der Waals surface area contributed by atoms with Crippen LogP contribution in [0.5, 0.6) is 0 Å². The van der Waals surface area contributed by atoms with Gasteiger partial charge in [-0.3, -0.25) is 0 Å². The van der Waals surface area contributed by atoms with Gasteiger partial charge in [0, 0.05) is 23.6 Å². The van der Waals surface area contributed by atoms with E-state index in [0.29, 0.717) is 21.8 Å². The molecule has 8 heteroatoms. The van der Waals surface area contributed by atoms with Crippen LogP contribution in [0.1, 0.15) is 13.3 Å². The third-order valence-corrected chi connectivity index (χ3v) is 7.61. The summed E-state index contributed by atoms with van der Waals surface area (Å²) in [4.78, 5) is 0. The van der Waals surface area contributed by atoms with Gasteiger partial charge in [0.2, 0.25) is 0 Å². The Labute approximate surface area is 126 Å². The Morgan fingerprint density at radius 3 is 2.72 bits per heavy atom. The normalized spacial score (nSPS) is 25.7. The third-order valence-electron chi connectivity index (χ3n) is 3.09. The molecule has 0 saturated carbocycles. The predicted molar refractivity (Wildman–Crippen MR) is 79.8 cm³/mol. The minimum absolute atomic E-state index is 0. The van der Waals surface area contributed by atoms with Crippen LogP contribution in [0.25, 0.3) is 0 Å². The highest BCUT2D eigenvalue weighted by molar-refractivity contribution is 9.10. The average Bonchev–Trinajstić information content (AvgIpc) is 2.69. The first-order chi connectivity index (χ1) is 7.93. The van der Waals surface area contributed by atoms with E-state index in [-0.39, 0.29) is 24.4 Å². The molecule has 2 N–H and O–H groups in total. The van der Waals surface area contributed by atoms with Crippen LogP contribution in [-0.2, 0) is 10.0 Å². The molecule has 0 radical (unpaired) electrons. The van der Waals surface area contributed by atoms with E-state index in [1.165, 1.54) is 15.6 Å². The molecule has 0 spiro atoms. The fourth-order valence-electron chi connectivity index (χ4n) is 1.92. The van der Waals surface area contributed by atoms with Gasteiger partial charge in [0.1, 0.15) is 4.21 Å². The molecule has 1 aliphatic heterocycles. The van der Waals surface area contributed by atoms with Gasteiger partial charge in [0.05, 0.1) is 0 Å². The molecule has 2 atom stereocenters. The molecule has 104 valence electrons. The number of thiophene rings is 1. The predicted octanol–water partition coefficient (Wildman–Crippen LogP) is 2.29. The van der Waals surface area contributed by atoms with Crippen molar-refractivity contribution in [1.82, 2.24) is 4.31 Å². The van der Waals surface area contributed by atoms with Crippen molar-refractivity contribution >= 4 is 49.7 Å². The van der Waals surface area contributed by atoms with Crippen molar-refractivity contribution in [2.24, 2.45) is 11.7 Å². The molecule has 1 aromatic heterocycles. The molecule has 2 rings (SSSR count). The smallest absolute Gasteiger partial charge is 0.253 e. The maximum absolute atomic E-state index is 12.4. The molecule has 0 bridgehead atoms. The van der Waals surface area contributed by atoms with Crippen molar-refractivity contribution in [2.45, 2.75) is 23.6 Å². The minimum atomic E-state index is -3.36. The monoisotopic (exact) mass is 374 g/mol. The van der Waals surface area contributed by atoms with Crippen LogP contribution in [0.15, 0.2) is 20.1 Å². The van der Waals surface area contributed by atoms with Crippen molar-refractivity contribution in [1.29, 1.82) is 0 Å². The van der Waals surface area contributed by atoms with Gasteiger partial charge in [-0.1, -0.05) is 6.92 Å². The summed E-state index contributed by atoms with van der Waals surface area (Å²) in [7, 11) is -3.36. The zero-order valence-corrected chi connectivity index (χ0v) is 13.9. The molecule has 2 heterocycles. The lowest BCUT2D eigenvalue weighted by Gasteiger charge is -2.33. The molecule has 1 aliphatic rings. The van der Waals surface area contributed by atoms with Gasteiger partial charge >= 0.3 is 0 Å². The number of hydrogen-bond acceptors (Lipinski definition) is 4. The third kappa shape index (κ3) is 3.08. The van der Waals surface area contributed by atoms with Crippen molar-refractivity contribution in [3.63, 3.8) is 0 Å². The topological polar surface area (TPSA) is 63.4 Å². The van der Waals surface area contributed by atoms with Crippen LogP contribution in [0.3, 0.4) is 0 Å². The van der Waals surface area contributed by atoms with Gasteiger partial charge in [-0.2, -0.15) is 4.31 Å². The van der Waals surface area contributed by atoms with Crippen LogP contribution < -0.4 is 5.73 Å². The van der Waals surface area contributed by atoms with Crippen molar-refractivity contribution in [3.05, 3.63) is 15.9 Å². The molecule has 0 amide bonds. The van der Waals surface area contributed by atoms with E-state index >= 15 is 0 Å². The lowest BCUT2D eigenvalue weighted by Crippen LogP contribution is -2.47. The number of hydrogen-bond donors (Lipinski definition) is 1. The standard InChI is InChI=1S/C10H15BrN2O2S2.ClH/c1-7-6-13(4-2-9(7)12)17(14,15)10-8(11)3-5-16-10;/h3,5,7,9H,2,4,6,12H2,1H3;1H. The number of nitrogens with zero attached hydrogens (tertiary/aromatic N) is 1. The first-order valence-corrected chi connectivity index (χ1v) is 8.53. The Kier molecular flexibility index (Phi) is 5.64. The van der Waals surface area contributed by atoms with Crippen LogP contribution in [-0.4, -0.2) is 31.9 Å². The van der Waals surface area contributed by atoms with Gasteiger partial charge < -0.3 is 5.73 Å². The maximum Gasteiger partial charge on any atom is 0.253 e. The first-order valence-electron chi connectivity index (χ1n) is 5.41. The minimum Gasteiger partial charge on any atom is -0.327 e. The van der Waals surface area contributed by atoms with E-state index in [1.54, 1.807) is 11.4 Å². The molecule has 0 aromatic carbocycles. The summed E-state index contributed by atoms with van der Waals surface area (Å²) >= 11 is 4.52. The highest BCUT2D eigenvalue weighted by Crippen LogP contribution is 2.32. The molecule has 1 saturated heterocycles. The number of rotatable bonds is 2. The van der Waals surface area contributed by atoms with Crippen molar-refractivity contribution in [3.8, 4) is 0 Å². The summed E-state index contributed by atoms with van der Waals surface area (Å²) in [5.41, 5.74) is 5.90. The Hall–Kier alpha value is 0.340. The largest absolute Gasteiger partial charge is 0.327 e. The molecule has 1 aromatic rings. The fourth-order valence-corrected chi connectivity index (χ4v) is 5.93. The molecule has 1 fully saturated rings. The molecule has 2 unspecified atom stereocenters. The van der Waals surface area contributed by atoms with E-state index in [4.69, 9.17) is 5.73 Å². The molecular weight excluding hydrogens is 360 g/mol. The summed E-state index contributed by atoms with van der Waals surface area (Å²) in [6.07, 6.45) is 0.726. The number of sulfonamides is 1. The fraction of sp³-hybridized carbons (Fsp3) is 0.600. The highest BCUT2D eigenvalue weighted by Gasteiger charge is 2.33. The summed E-state index contributed by atoms with van der Waals surface area (Å²) in [6.45, 7) is 3.02. The van der Waals surface area contributed by atoms with Gasteiger partial charge in [0.15, 0.2) is 0 Å². The highest BCUT2D eigenvalue weighted by atomic mass is 79.9. The van der Waals surface area contributed by atoms with E-state index in [9.17, 15) is 8.42 Å². The first kappa shape index (κ1) is 16.4. The lowest BCUT2D eigenvalue weighted by atomic mass is 9.96. The molecular formula is C10H16BrClN2O2S2. The second kappa shape index (κ2) is 6.19. The SMILES string of the molecule is CC1CN(S(=O)(=O)c2sccc2Br)CCC1N.Cl. The van der Waals surface area contributed by atoms with Gasteiger partial charge in [-0.05, 0) is 39.7 Å². The van der Waals surface area contributed by atoms with Crippen LogP contribution in [0, 0.1) is 5.92 Å². The van der Waals surface area contributed by atoms with E-state index in [0.717, 1.165) is 6.42 Å². The molecule has 18 heavy (non-hydrogen) atoms. The average molecular weight is 376 g/mol. The van der Waals surface area contributed by atoms with Crippen LogP contribution >= 0.6 is 39.7 Å².